The maximum absolute atomic E-state index is 11.8. The number of carbonyl (C=O) groups is 1. The molecule has 0 atom stereocenters. The van der Waals surface area contributed by atoms with E-state index in [9.17, 15) is 9.59 Å². The van der Waals surface area contributed by atoms with Crippen LogP contribution in [0.4, 0.5) is 0 Å². The van der Waals surface area contributed by atoms with Crippen molar-refractivity contribution in [1.29, 1.82) is 0 Å². The second-order valence-corrected chi connectivity index (χ2v) is 3.28. The number of hydrogen-bond donors (Lipinski definition) is 1. The molecule has 0 saturated carbocycles. The van der Waals surface area contributed by atoms with Gasteiger partial charge in [0.1, 0.15) is 18.9 Å². The molecule has 17 heavy (non-hydrogen) atoms. The maximum atomic E-state index is 11.8. The summed E-state index contributed by atoms with van der Waals surface area (Å²) < 4.78 is 5.75. The summed E-state index contributed by atoms with van der Waals surface area (Å²) in [7, 11) is 0. The van der Waals surface area contributed by atoms with Crippen LogP contribution in [-0.4, -0.2) is 32.7 Å². The number of benzene rings is 1. The van der Waals surface area contributed by atoms with E-state index in [1.54, 1.807) is 24.3 Å². The number of rotatable bonds is 4. The molecule has 0 bridgehead atoms. The summed E-state index contributed by atoms with van der Waals surface area (Å²) in [6.45, 7) is -0.718. The second kappa shape index (κ2) is 4.71. The predicted molar refractivity (Wildman–Crippen MR) is 57.4 cm³/mol. The van der Waals surface area contributed by atoms with Crippen LogP contribution in [-0.2, 0) is 16.3 Å². The molecule has 7 heteroatoms. The lowest BCUT2D eigenvalue weighted by molar-refractivity contribution is -0.143. The fourth-order valence-corrected chi connectivity index (χ4v) is 1.33. The van der Waals surface area contributed by atoms with Gasteiger partial charge in [-0.1, -0.05) is 17.3 Å². The van der Waals surface area contributed by atoms with Gasteiger partial charge in [0, 0.05) is 0 Å². The molecule has 1 N–H and O–H groups in total. The molecule has 0 radical (unpaired) electrons. The highest BCUT2D eigenvalue weighted by atomic mass is 16.5. The van der Waals surface area contributed by atoms with Crippen molar-refractivity contribution in [3.05, 3.63) is 34.6 Å². The largest absolute Gasteiger partial charge is 0.480 e. The number of hydrogen-bond acceptors (Lipinski definition) is 5. The van der Waals surface area contributed by atoms with Gasteiger partial charge in [-0.05, 0) is 12.1 Å². The highest BCUT2D eigenvalue weighted by Gasteiger charge is 2.05. The van der Waals surface area contributed by atoms with Gasteiger partial charge in [0.15, 0.2) is 0 Å². The van der Waals surface area contributed by atoms with Crippen molar-refractivity contribution in [2.75, 3.05) is 6.61 Å². The molecule has 0 aliphatic carbocycles. The minimum atomic E-state index is -1.10. The van der Waals surface area contributed by atoms with Crippen LogP contribution in [0, 0.1) is 0 Å². The van der Waals surface area contributed by atoms with Gasteiger partial charge in [-0.2, -0.15) is 4.68 Å². The SMILES string of the molecule is O=C(O)COCn1nnc2ccccc2c1=O. The van der Waals surface area contributed by atoms with Crippen LogP contribution in [0.25, 0.3) is 10.9 Å². The Labute approximate surface area is 95.2 Å². The molecule has 88 valence electrons. The van der Waals surface area contributed by atoms with Gasteiger partial charge < -0.3 is 9.84 Å². The molecule has 0 fully saturated rings. The zero-order valence-corrected chi connectivity index (χ0v) is 8.74. The third-order valence-electron chi connectivity index (χ3n) is 2.07. The Kier molecular flexibility index (Phi) is 3.10. The molecule has 1 aromatic carbocycles. The number of ether oxygens (including phenoxy) is 1. The van der Waals surface area contributed by atoms with Crippen LogP contribution in [0.15, 0.2) is 29.1 Å². The van der Waals surface area contributed by atoms with E-state index >= 15 is 0 Å². The topological polar surface area (TPSA) is 94.3 Å². The lowest BCUT2D eigenvalue weighted by atomic mass is 10.2. The first-order valence-electron chi connectivity index (χ1n) is 4.80. The maximum Gasteiger partial charge on any atom is 0.329 e. The molecule has 0 saturated heterocycles. The van der Waals surface area contributed by atoms with Crippen LogP contribution in [0.5, 0.6) is 0 Å². The number of fused-ring (bicyclic) bond motifs is 1. The molecule has 0 unspecified atom stereocenters. The van der Waals surface area contributed by atoms with Gasteiger partial charge >= 0.3 is 5.97 Å². The molecule has 1 aromatic heterocycles. The van der Waals surface area contributed by atoms with E-state index in [2.05, 4.69) is 10.3 Å². The Morgan fingerprint density at radius 2 is 2.18 bits per heavy atom. The summed E-state index contributed by atoms with van der Waals surface area (Å²) in [4.78, 5) is 22.1. The fourth-order valence-electron chi connectivity index (χ4n) is 1.33. The molecule has 0 amide bonds. The first-order chi connectivity index (χ1) is 8.18. The molecule has 1 heterocycles. The Hall–Kier alpha value is -2.28. The zero-order chi connectivity index (χ0) is 12.3. The summed E-state index contributed by atoms with van der Waals surface area (Å²) >= 11 is 0. The second-order valence-electron chi connectivity index (χ2n) is 3.28. The molecular weight excluding hydrogens is 226 g/mol. The highest BCUT2D eigenvalue weighted by Crippen LogP contribution is 2.03. The zero-order valence-electron chi connectivity index (χ0n) is 8.74. The van der Waals surface area contributed by atoms with Crippen molar-refractivity contribution < 1.29 is 14.6 Å². The van der Waals surface area contributed by atoms with Gasteiger partial charge in [0.2, 0.25) is 0 Å². The highest BCUT2D eigenvalue weighted by molar-refractivity contribution is 5.76. The summed E-state index contributed by atoms with van der Waals surface area (Å²) in [6.07, 6.45) is 0. The van der Waals surface area contributed by atoms with Crippen molar-refractivity contribution in [2.45, 2.75) is 6.73 Å². The van der Waals surface area contributed by atoms with Gasteiger partial charge in [-0.3, -0.25) is 4.79 Å². The molecule has 0 aliphatic rings. The summed E-state index contributed by atoms with van der Waals surface area (Å²) in [5.74, 6) is -1.10. The van der Waals surface area contributed by atoms with Gasteiger partial charge in [-0.25, -0.2) is 4.79 Å². The number of aromatic nitrogens is 3. The molecule has 0 spiro atoms. The minimum absolute atomic E-state index is 0.233. The summed E-state index contributed by atoms with van der Waals surface area (Å²) in [5.41, 5.74) is 0.132. The quantitative estimate of drug-likeness (QED) is 0.791. The van der Waals surface area contributed by atoms with Crippen molar-refractivity contribution in [3.8, 4) is 0 Å². The third-order valence-corrected chi connectivity index (χ3v) is 2.07. The lowest BCUT2D eigenvalue weighted by Crippen LogP contribution is -2.26. The van der Waals surface area contributed by atoms with Crippen LogP contribution in [0.1, 0.15) is 0 Å². The summed E-state index contributed by atoms with van der Waals surface area (Å²) in [6, 6.07) is 6.77. The van der Waals surface area contributed by atoms with Crippen LogP contribution in [0.3, 0.4) is 0 Å². The van der Waals surface area contributed by atoms with E-state index in [4.69, 9.17) is 9.84 Å². The number of carboxylic acids is 1. The van der Waals surface area contributed by atoms with E-state index in [0.29, 0.717) is 10.9 Å². The van der Waals surface area contributed by atoms with E-state index in [-0.39, 0.29) is 12.3 Å². The van der Waals surface area contributed by atoms with E-state index in [1.165, 1.54) is 0 Å². The summed E-state index contributed by atoms with van der Waals surface area (Å²) in [5, 5.41) is 16.3. The molecular formula is C10H9N3O4. The Balaban J connectivity index is 2.27. The Morgan fingerprint density at radius 3 is 2.94 bits per heavy atom. The van der Waals surface area contributed by atoms with Crippen molar-refractivity contribution in [1.82, 2.24) is 15.0 Å². The molecule has 7 nitrogen and oxygen atoms in total. The van der Waals surface area contributed by atoms with E-state index in [0.717, 1.165) is 4.68 Å². The van der Waals surface area contributed by atoms with Crippen LogP contribution < -0.4 is 5.56 Å². The lowest BCUT2D eigenvalue weighted by Gasteiger charge is -2.04. The Bertz CT molecular complexity index is 608. The number of aliphatic carboxylic acids is 1. The van der Waals surface area contributed by atoms with Gasteiger partial charge in [0.05, 0.1) is 5.39 Å². The van der Waals surface area contributed by atoms with Crippen LogP contribution in [0.2, 0.25) is 0 Å². The van der Waals surface area contributed by atoms with Crippen LogP contribution >= 0.6 is 0 Å². The third kappa shape index (κ3) is 2.45. The van der Waals surface area contributed by atoms with Crippen molar-refractivity contribution in [2.24, 2.45) is 0 Å². The van der Waals surface area contributed by atoms with Crippen molar-refractivity contribution >= 4 is 16.9 Å². The number of carboxylic acid groups (broad SMARTS) is 1. The van der Waals surface area contributed by atoms with E-state index < -0.39 is 12.6 Å². The predicted octanol–water partition coefficient (Wildman–Crippen LogP) is -0.150. The first kappa shape index (κ1) is 11.2. The molecule has 2 rings (SSSR count). The smallest absolute Gasteiger partial charge is 0.329 e. The van der Waals surface area contributed by atoms with Gasteiger partial charge in [0.25, 0.3) is 5.56 Å². The van der Waals surface area contributed by atoms with E-state index in [1.807, 2.05) is 0 Å². The van der Waals surface area contributed by atoms with Gasteiger partial charge in [-0.15, -0.1) is 5.10 Å². The average Bonchev–Trinajstić information content (AvgIpc) is 2.32. The molecule has 0 aliphatic heterocycles. The average molecular weight is 235 g/mol. The fraction of sp³-hybridized carbons (Fsp3) is 0.200. The minimum Gasteiger partial charge on any atom is -0.480 e. The standard InChI is InChI=1S/C10H9N3O4/c14-9(15)5-17-6-13-10(16)7-3-1-2-4-8(7)11-12-13/h1-4H,5-6H2,(H,14,15). The van der Waals surface area contributed by atoms with Crippen molar-refractivity contribution in [3.63, 3.8) is 0 Å². The number of nitrogens with zero attached hydrogens (tertiary/aromatic N) is 3. The molecule has 2 aromatic rings. The monoisotopic (exact) mass is 235 g/mol. The Morgan fingerprint density at radius 1 is 1.41 bits per heavy atom. The normalized spacial score (nSPS) is 10.6. The first-order valence-corrected chi connectivity index (χ1v) is 4.80.